The lowest BCUT2D eigenvalue weighted by Gasteiger charge is -2.12. The molecule has 29 heavy (non-hydrogen) atoms. The van der Waals surface area contributed by atoms with E-state index in [9.17, 15) is 4.79 Å². The van der Waals surface area contributed by atoms with Gasteiger partial charge < -0.3 is 19.4 Å². The Morgan fingerprint density at radius 1 is 1.07 bits per heavy atom. The van der Waals surface area contributed by atoms with Crippen LogP contribution in [0.25, 0.3) is 11.4 Å². The molecule has 0 aliphatic carbocycles. The number of nitrogens with zero attached hydrogens (tertiary/aromatic N) is 3. The zero-order valence-corrected chi connectivity index (χ0v) is 17.5. The third-order valence-electron chi connectivity index (χ3n) is 4.17. The third-order valence-corrected chi connectivity index (χ3v) is 5.14. The standard InChI is InChI=1S/C21H24N4O3S/c1-4-25-20(15-10-6-8-12-17(15)27-3)23-24-21(25)29-14-19(26)22-16-11-7-9-13-18(16)28-5-2/h6-13H,4-5,14H2,1-3H3,(H,22,26). The Kier molecular flexibility index (Phi) is 7.13. The lowest BCUT2D eigenvalue weighted by molar-refractivity contribution is -0.113. The number of anilines is 1. The molecular formula is C21H24N4O3S. The van der Waals surface area contributed by atoms with Crippen molar-refractivity contribution in [1.29, 1.82) is 0 Å². The van der Waals surface area contributed by atoms with Gasteiger partial charge in [-0.3, -0.25) is 4.79 Å². The molecule has 1 N–H and O–H groups in total. The van der Waals surface area contributed by atoms with Gasteiger partial charge in [0, 0.05) is 6.54 Å². The topological polar surface area (TPSA) is 78.3 Å². The zero-order chi connectivity index (χ0) is 20.6. The molecule has 0 aliphatic heterocycles. The number of benzene rings is 2. The van der Waals surface area contributed by atoms with Gasteiger partial charge in [-0.25, -0.2) is 0 Å². The summed E-state index contributed by atoms with van der Waals surface area (Å²) >= 11 is 1.34. The third kappa shape index (κ3) is 4.89. The van der Waals surface area contributed by atoms with Gasteiger partial charge in [0.2, 0.25) is 5.91 Å². The summed E-state index contributed by atoms with van der Waals surface area (Å²) in [5.41, 5.74) is 1.53. The molecule has 0 saturated carbocycles. The van der Waals surface area contributed by atoms with Crippen LogP contribution in [0.15, 0.2) is 53.7 Å². The summed E-state index contributed by atoms with van der Waals surface area (Å²) in [5.74, 6) is 2.19. The zero-order valence-electron chi connectivity index (χ0n) is 16.7. The van der Waals surface area contributed by atoms with Gasteiger partial charge in [-0.1, -0.05) is 36.0 Å². The molecule has 0 fully saturated rings. The molecule has 3 rings (SSSR count). The van der Waals surface area contributed by atoms with E-state index < -0.39 is 0 Å². The maximum Gasteiger partial charge on any atom is 0.234 e. The van der Waals surface area contributed by atoms with Crippen molar-refractivity contribution in [1.82, 2.24) is 14.8 Å². The monoisotopic (exact) mass is 412 g/mol. The van der Waals surface area contributed by atoms with E-state index in [1.165, 1.54) is 11.8 Å². The molecule has 3 aromatic rings. The molecule has 2 aromatic carbocycles. The van der Waals surface area contributed by atoms with Gasteiger partial charge in [-0.15, -0.1) is 10.2 Å². The summed E-state index contributed by atoms with van der Waals surface area (Å²) in [7, 11) is 1.63. The first kappa shape index (κ1) is 20.7. The minimum Gasteiger partial charge on any atom is -0.496 e. The van der Waals surface area contributed by atoms with Gasteiger partial charge in [0.25, 0.3) is 0 Å². The minimum atomic E-state index is -0.133. The number of para-hydroxylation sites is 3. The van der Waals surface area contributed by atoms with Crippen LogP contribution in [0.3, 0.4) is 0 Å². The Morgan fingerprint density at radius 2 is 1.79 bits per heavy atom. The molecule has 1 heterocycles. The number of nitrogens with one attached hydrogen (secondary N) is 1. The van der Waals surface area contributed by atoms with Crippen LogP contribution in [-0.4, -0.2) is 40.1 Å². The largest absolute Gasteiger partial charge is 0.496 e. The average molecular weight is 413 g/mol. The minimum absolute atomic E-state index is 0.133. The maximum absolute atomic E-state index is 12.5. The molecule has 8 heteroatoms. The molecule has 0 bridgehead atoms. The van der Waals surface area contributed by atoms with Crippen molar-refractivity contribution in [3.63, 3.8) is 0 Å². The molecule has 1 amide bonds. The van der Waals surface area contributed by atoms with Crippen molar-refractivity contribution in [2.75, 3.05) is 24.8 Å². The van der Waals surface area contributed by atoms with Gasteiger partial charge in [-0.05, 0) is 38.1 Å². The molecule has 7 nitrogen and oxygen atoms in total. The SMILES string of the molecule is CCOc1ccccc1NC(=O)CSc1nnc(-c2ccccc2OC)n1CC. The second kappa shape index (κ2) is 9.97. The van der Waals surface area contributed by atoms with E-state index in [1.54, 1.807) is 7.11 Å². The number of aromatic nitrogens is 3. The summed E-state index contributed by atoms with van der Waals surface area (Å²) in [6.45, 7) is 5.14. The number of carbonyl (C=O) groups is 1. The average Bonchev–Trinajstić information content (AvgIpc) is 3.16. The van der Waals surface area contributed by atoms with Gasteiger partial charge in [0.15, 0.2) is 11.0 Å². The van der Waals surface area contributed by atoms with Gasteiger partial charge in [0.1, 0.15) is 11.5 Å². The molecule has 0 unspecified atom stereocenters. The quantitative estimate of drug-likeness (QED) is 0.533. The number of methoxy groups -OCH3 is 1. The highest BCUT2D eigenvalue weighted by molar-refractivity contribution is 7.99. The number of rotatable bonds is 9. The first-order valence-electron chi connectivity index (χ1n) is 9.39. The first-order chi connectivity index (χ1) is 14.2. The van der Waals surface area contributed by atoms with Gasteiger partial charge in [0.05, 0.1) is 30.7 Å². The summed E-state index contributed by atoms with van der Waals surface area (Å²) in [6, 6.07) is 15.1. The van der Waals surface area contributed by atoms with Crippen molar-refractivity contribution in [3.8, 4) is 22.9 Å². The molecule has 1 aromatic heterocycles. The Bertz CT molecular complexity index is 974. The highest BCUT2D eigenvalue weighted by Gasteiger charge is 2.17. The molecule has 152 valence electrons. The number of thioether (sulfide) groups is 1. The smallest absolute Gasteiger partial charge is 0.234 e. The van der Waals surface area contributed by atoms with Crippen molar-refractivity contribution in [2.24, 2.45) is 0 Å². The Morgan fingerprint density at radius 3 is 2.52 bits per heavy atom. The fourth-order valence-electron chi connectivity index (χ4n) is 2.88. The van der Waals surface area contributed by atoms with E-state index in [1.807, 2.05) is 66.9 Å². The van der Waals surface area contributed by atoms with E-state index in [0.29, 0.717) is 29.7 Å². The van der Waals surface area contributed by atoms with Crippen LogP contribution in [0.5, 0.6) is 11.5 Å². The number of hydrogen-bond donors (Lipinski definition) is 1. The van der Waals surface area contributed by atoms with Gasteiger partial charge >= 0.3 is 0 Å². The van der Waals surface area contributed by atoms with Crippen LogP contribution in [0.2, 0.25) is 0 Å². The Hall–Kier alpha value is -3.00. The van der Waals surface area contributed by atoms with Crippen LogP contribution < -0.4 is 14.8 Å². The predicted octanol–water partition coefficient (Wildman–Crippen LogP) is 4.10. The summed E-state index contributed by atoms with van der Waals surface area (Å²) < 4.78 is 13.0. The van der Waals surface area contributed by atoms with Crippen LogP contribution in [0.4, 0.5) is 5.69 Å². The summed E-state index contributed by atoms with van der Waals surface area (Å²) in [5, 5.41) is 12.2. The van der Waals surface area contributed by atoms with Crippen molar-refractivity contribution in [3.05, 3.63) is 48.5 Å². The van der Waals surface area contributed by atoms with E-state index >= 15 is 0 Å². The Balaban J connectivity index is 1.72. The maximum atomic E-state index is 12.5. The second-order valence-electron chi connectivity index (χ2n) is 6.02. The molecule has 0 spiro atoms. The van der Waals surface area contributed by atoms with Crippen LogP contribution in [-0.2, 0) is 11.3 Å². The molecule has 0 atom stereocenters. The van der Waals surface area contributed by atoms with E-state index in [-0.39, 0.29) is 11.7 Å². The number of carbonyl (C=O) groups excluding carboxylic acids is 1. The highest BCUT2D eigenvalue weighted by atomic mass is 32.2. The van der Waals surface area contributed by atoms with E-state index in [4.69, 9.17) is 9.47 Å². The van der Waals surface area contributed by atoms with Crippen LogP contribution in [0, 0.1) is 0 Å². The summed E-state index contributed by atoms with van der Waals surface area (Å²) in [4.78, 5) is 12.5. The fraction of sp³-hybridized carbons (Fsp3) is 0.286. The van der Waals surface area contributed by atoms with Crippen molar-refractivity contribution >= 4 is 23.4 Å². The lowest BCUT2D eigenvalue weighted by Crippen LogP contribution is -2.15. The highest BCUT2D eigenvalue weighted by Crippen LogP contribution is 2.31. The van der Waals surface area contributed by atoms with E-state index in [0.717, 1.165) is 17.1 Å². The molecule has 0 radical (unpaired) electrons. The second-order valence-corrected chi connectivity index (χ2v) is 6.96. The number of amides is 1. The fourth-order valence-corrected chi connectivity index (χ4v) is 3.68. The van der Waals surface area contributed by atoms with Gasteiger partial charge in [-0.2, -0.15) is 0 Å². The van der Waals surface area contributed by atoms with Crippen LogP contribution >= 0.6 is 11.8 Å². The van der Waals surface area contributed by atoms with Crippen LogP contribution in [0.1, 0.15) is 13.8 Å². The molecule has 0 aliphatic rings. The molecule has 0 saturated heterocycles. The predicted molar refractivity (Wildman–Crippen MR) is 115 cm³/mol. The Labute approximate surface area is 174 Å². The first-order valence-corrected chi connectivity index (χ1v) is 10.4. The molecular weight excluding hydrogens is 388 g/mol. The van der Waals surface area contributed by atoms with E-state index in [2.05, 4.69) is 15.5 Å². The number of ether oxygens (including phenoxy) is 2. The normalized spacial score (nSPS) is 10.6. The van der Waals surface area contributed by atoms with Crippen molar-refractivity contribution < 1.29 is 14.3 Å². The summed E-state index contributed by atoms with van der Waals surface area (Å²) in [6.07, 6.45) is 0. The van der Waals surface area contributed by atoms with Crippen molar-refractivity contribution in [2.45, 2.75) is 25.5 Å². The lowest BCUT2D eigenvalue weighted by atomic mass is 10.2. The number of hydrogen-bond acceptors (Lipinski definition) is 6.